The van der Waals surface area contributed by atoms with Crippen molar-refractivity contribution in [3.05, 3.63) is 71.9 Å². The molecule has 1 heterocycles. The van der Waals surface area contributed by atoms with Gasteiger partial charge in [0, 0.05) is 23.6 Å². The lowest BCUT2D eigenvalue weighted by molar-refractivity contribution is 0.0993. The quantitative estimate of drug-likeness (QED) is 0.683. The first-order valence-corrected chi connectivity index (χ1v) is 6.77. The zero-order valence-corrected chi connectivity index (χ0v) is 11.7. The minimum atomic E-state index is 0.103. The van der Waals surface area contributed by atoms with Crippen LogP contribution < -0.4 is 4.74 Å². The number of nitrogens with zero attached hydrogens (tertiary/aromatic N) is 1. The van der Waals surface area contributed by atoms with Gasteiger partial charge >= 0.3 is 0 Å². The Morgan fingerprint density at radius 3 is 2.67 bits per heavy atom. The second-order valence-corrected chi connectivity index (χ2v) is 4.86. The molecule has 0 saturated carbocycles. The molecule has 0 radical (unpaired) electrons. The van der Waals surface area contributed by atoms with Crippen LogP contribution >= 0.6 is 0 Å². The van der Waals surface area contributed by atoms with Crippen molar-refractivity contribution < 1.29 is 9.53 Å². The van der Waals surface area contributed by atoms with Crippen molar-refractivity contribution in [1.82, 2.24) is 4.98 Å². The number of benzene rings is 2. The van der Waals surface area contributed by atoms with Crippen LogP contribution in [0.5, 0.6) is 5.75 Å². The average molecular weight is 277 g/mol. The van der Waals surface area contributed by atoms with E-state index in [1.54, 1.807) is 13.3 Å². The SMILES string of the molecule is COc1ccc(CC(=O)c2ccc3ncccc3c2)cc1. The molecule has 2 aromatic carbocycles. The maximum absolute atomic E-state index is 12.4. The predicted molar refractivity (Wildman–Crippen MR) is 82.8 cm³/mol. The zero-order valence-electron chi connectivity index (χ0n) is 11.7. The molecule has 3 aromatic rings. The van der Waals surface area contributed by atoms with E-state index in [4.69, 9.17) is 4.74 Å². The molecule has 21 heavy (non-hydrogen) atoms. The fraction of sp³-hybridized carbons (Fsp3) is 0.111. The third-order valence-corrected chi connectivity index (χ3v) is 3.45. The second kappa shape index (κ2) is 5.75. The van der Waals surface area contributed by atoms with E-state index in [-0.39, 0.29) is 5.78 Å². The summed E-state index contributed by atoms with van der Waals surface area (Å²) in [5.41, 5.74) is 2.59. The molecule has 0 aliphatic rings. The van der Waals surface area contributed by atoms with Crippen LogP contribution in [0.4, 0.5) is 0 Å². The monoisotopic (exact) mass is 277 g/mol. The molecular weight excluding hydrogens is 262 g/mol. The van der Waals surface area contributed by atoms with Gasteiger partial charge in [-0.1, -0.05) is 18.2 Å². The largest absolute Gasteiger partial charge is 0.497 e. The molecule has 0 bridgehead atoms. The van der Waals surface area contributed by atoms with E-state index in [2.05, 4.69) is 4.98 Å². The van der Waals surface area contributed by atoms with Gasteiger partial charge in [0.15, 0.2) is 5.78 Å². The standard InChI is InChI=1S/C18H15NO2/c1-21-16-7-4-13(5-8-16)11-18(20)15-6-9-17-14(12-15)3-2-10-19-17/h2-10,12H,11H2,1H3. The molecule has 0 aliphatic carbocycles. The maximum Gasteiger partial charge on any atom is 0.167 e. The number of methoxy groups -OCH3 is 1. The van der Waals surface area contributed by atoms with E-state index in [0.29, 0.717) is 12.0 Å². The zero-order chi connectivity index (χ0) is 14.7. The van der Waals surface area contributed by atoms with Gasteiger partial charge in [0.05, 0.1) is 12.6 Å². The minimum absolute atomic E-state index is 0.103. The molecule has 104 valence electrons. The molecule has 0 N–H and O–H groups in total. The van der Waals surface area contributed by atoms with E-state index in [0.717, 1.165) is 22.2 Å². The number of ketones is 1. The fourth-order valence-electron chi connectivity index (χ4n) is 2.28. The van der Waals surface area contributed by atoms with Gasteiger partial charge in [0.1, 0.15) is 5.75 Å². The Morgan fingerprint density at radius 2 is 1.90 bits per heavy atom. The van der Waals surface area contributed by atoms with Gasteiger partial charge in [0.25, 0.3) is 0 Å². The summed E-state index contributed by atoms with van der Waals surface area (Å²) in [6, 6.07) is 17.0. The fourth-order valence-corrected chi connectivity index (χ4v) is 2.28. The first-order chi connectivity index (χ1) is 10.3. The van der Waals surface area contributed by atoms with Crippen molar-refractivity contribution >= 4 is 16.7 Å². The number of rotatable bonds is 4. The highest BCUT2D eigenvalue weighted by atomic mass is 16.5. The summed E-state index contributed by atoms with van der Waals surface area (Å²) in [5.74, 6) is 0.897. The summed E-state index contributed by atoms with van der Waals surface area (Å²) in [4.78, 5) is 16.6. The molecule has 0 aliphatic heterocycles. The van der Waals surface area contributed by atoms with Crippen molar-refractivity contribution in [2.75, 3.05) is 7.11 Å². The summed E-state index contributed by atoms with van der Waals surface area (Å²) in [7, 11) is 1.63. The number of carbonyl (C=O) groups excluding carboxylic acids is 1. The predicted octanol–water partition coefficient (Wildman–Crippen LogP) is 3.67. The second-order valence-electron chi connectivity index (χ2n) is 4.86. The Labute approximate surface area is 123 Å². The molecular formula is C18H15NO2. The smallest absolute Gasteiger partial charge is 0.167 e. The van der Waals surface area contributed by atoms with Gasteiger partial charge in [-0.25, -0.2) is 0 Å². The highest BCUT2D eigenvalue weighted by Gasteiger charge is 2.08. The van der Waals surface area contributed by atoms with Crippen LogP contribution in [0.3, 0.4) is 0 Å². The van der Waals surface area contributed by atoms with E-state index in [1.165, 1.54) is 0 Å². The number of fused-ring (bicyclic) bond motifs is 1. The van der Waals surface area contributed by atoms with E-state index >= 15 is 0 Å². The summed E-state index contributed by atoms with van der Waals surface area (Å²) in [6.45, 7) is 0. The van der Waals surface area contributed by atoms with E-state index < -0.39 is 0 Å². The summed E-state index contributed by atoms with van der Waals surface area (Å²) in [5, 5.41) is 0.984. The Bertz CT molecular complexity index is 779. The van der Waals surface area contributed by atoms with Crippen LogP contribution in [0.15, 0.2) is 60.8 Å². The molecule has 0 atom stereocenters. The average Bonchev–Trinajstić information content (AvgIpc) is 2.55. The molecule has 0 amide bonds. The van der Waals surface area contributed by atoms with Crippen LogP contribution in [0.1, 0.15) is 15.9 Å². The van der Waals surface area contributed by atoms with Crippen molar-refractivity contribution in [2.24, 2.45) is 0 Å². The van der Waals surface area contributed by atoms with Crippen molar-refractivity contribution in [3.63, 3.8) is 0 Å². The van der Waals surface area contributed by atoms with E-state index in [1.807, 2.05) is 54.6 Å². The lowest BCUT2D eigenvalue weighted by Crippen LogP contribution is -2.03. The summed E-state index contributed by atoms with van der Waals surface area (Å²) < 4.78 is 5.12. The lowest BCUT2D eigenvalue weighted by atomic mass is 10.0. The third kappa shape index (κ3) is 2.92. The van der Waals surface area contributed by atoms with Crippen molar-refractivity contribution in [3.8, 4) is 5.75 Å². The van der Waals surface area contributed by atoms with Crippen LogP contribution in [0, 0.1) is 0 Å². The number of carbonyl (C=O) groups is 1. The van der Waals surface area contributed by atoms with Gasteiger partial charge in [0.2, 0.25) is 0 Å². The van der Waals surface area contributed by atoms with E-state index in [9.17, 15) is 4.79 Å². The number of ether oxygens (including phenoxy) is 1. The molecule has 3 rings (SSSR count). The Balaban J connectivity index is 1.82. The first kappa shape index (κ1) is 13.3. The van der Waals surface area contributed by atoms with Crippen LogP contribution in [0.2, 0.25) is 0 Å². The van der Waals surface area contributed by atoms with Gasteiger partial charge in [-0.3, -0.25) is 9.78 Å². The Hall–Kier alpha value is -2.68. The van der Waals surface area contributed by atoms with Gasteiger partial charge < -0.3 is 4.74 Å². The highest BCUT2D eigenvalue weighted by Crippen LogP contribution is 2.17. The van der Waals surface area contributed by atoms with Crippen molar-refractivity contribution in [2.45, 2.75) is 6.42 Å². The Morgan fingerprint density at radius 1 is 1.10 bits per heavy atom. The molecule has 1 aromatic heterocycles. The highest BCUT2D eigenvalue weighted by molar-refractivity contribution is 6.00. The topological polar surface area (TPSA) is 39.2 Å². The van der Waals surface area contributed by atoms with Gasteiger partial charge in [-0.15, -0.1) is 0 Å². The number of hydrogen-bond acceptors (Lipinski definition) is 3. The molecule has 0 saturated heterocycles. The first-order valence-electron chi connectivity index (χ1n) is 6.77. The van der Waals surface area contributed by atoms with Crippen molar-refractivity contribution in [1.29, 1.82) is 0 Å². The van der Waals surface area contributed by atoms with Gasteiger partial charge in [-0.05, 0) is 42.0 Å². The van der Waals surface area contributed by atoms with Crippen LogP contribution in [-0.2, 0) is 6.42 Å². The minimum Gasteiger partial charge on any atom is -0.497 e. The molecule has 0 unspecified atom stereocenters. The maximum atomic E-state index is 12.4. The van der Waals surface area contributed by atoms with Crippen LogP contribution in [-0.4, -0.2) is 17.9 Å². The summed E-state index contributed by atoms with van der Waals surface area (Å²) in [6.07, 6.45) is 2.14. The molecule has 0 fully saturated rings. The Kier molecular flexibility index (Phi) is 3.65. The number of aromatic nitrogens is 1. The van der Waals surface area contributed by atoms with Gasteiger partial charge in [-0.2, -0.15) is 0 Å². The molecule has 3 nitrogen and oxygen atoms in total. The molecule has 0 spiro atoms. The molecule has 3 heteroatoms. The normalized spacial score (nSPS) is 10.5. The summed E-state index contributed by atoms with van der Waals surface area (Å²) >= 11 is 0. The number of Topliss-reactive ketones (excluding diaryl/α,β-unsaturated/α-hetero) is 1. The number of hydrogen-bond donors (Lipinski definition) is 0. The third-order valence-electron chi connectivity index (χ3n) is 3.45. The van der Waals surface area contributed by atoms with Crippen LogP contribution in [0.25, 0.3) is 10.9 Å². The lowest BCUT2D eigenvalue weighted by Gasteiger charge is -2.04. The number of pyridine rings is 1.